The van der Waals surface area contributed by atoms with E-state index in [-0.39, 0.29) is 48.0 Å². The molecule has 3 aromatic rings. The SMILES string of the molecule is CN1CC2CCCC(C1)N2c1cc(Cl)c(C(=O)N2COc3c(cccc3-c3cc(N4C5CCC4COC5)c(C(=O)O)cc3F)C2)c(Cl)c1. The summed E-state index contributed by atoms with van der Waals surface area (Å²) in [5, 5.41) is 10.6. The fourth-order valence-corrected chi connectivity index (χ4v) is 9.24. The highest BCUT2D eigenvalue weighted by Gasteiger charge is 2.40. The number of halogens is 3. The lowest BCUT2D eigenvalue weighted by molar-refractivity contribution is 0.0516. The molecule has 0 saturated carbocycles. The van der Waals surface area contributed by atoms with Crippen LogP contribution in [0, 0.1) is 5.82 Å². The van der Waals surface area contributed by atoms with Gasteiger partial charge in [0, 0.05) is 47.6 Å². The van der Waals surface area contributed by atoms with Crippen molar-refractivity contribution in [1.82, 2.24) is 9.80 Å². The quantitative estimate of drug-likeness (QED) is 0.323. The maximum atomic E-state index is 15.7. The zero-order valence-corrected chi connectivity index (χ0v) is 28.1. The third-order valence-corrected chi connectivity index (χ3v) is 11.3. The van der Waals surface area contributed by atoms with Crippen molar-refractivity contribution in [2.75, 3.05) is 49.9 Å². The topological polar surface area (TPSA) is 85.8 Å². The number of piperidine rings is 1. The van der Waals surface area contributed by atoms with Crippen molar-refractivity contribution in [1.29, 1.82) is 0 Å². The number of nitrogens with zero attached hydrogens (tertiary/aromatic N) is 4. The summed E-state index contributed by atoms with van der Waals surface area (Å²) >= 11 is 13.6. The van der Waals surface area contributed by atoms with Gasteiger partial charge in [-0.2, -0.15) is 0 Å². The molecule has 0 aliphatic carbocycles. The first-order valence-electron chi connectivity index (χ1n) is 16.6. The van der Waals surface area contributed by atoms with E-state index in [0.717, 1.165) is 50.5 Å². The highest BCUT2D eigenvalue weighted by atomic mass is 35.5. The number of benzene rings is 3. The number of para-hydroxylation sites is 1. The minimum Gasteiger partial charge on any atom is -0.478 e. The molecule has 8 rings (SSSR count). The van der Waals surface area contributed by atoms with Crippen LogP contribution in [0.3, 0.4) is 0 Å². The predicted molar refractivity (Wildman–Crippen MR) is 182 cm³/mol. The van der Waals surface area contributed by atoms with E-state index in [1.165, 1.54) is 11.3 Å². The van der Waals surface area contributed by atoms with Crippen LogP contribution in [-0.2, 0) is 11.3 Å². The van der Waals surface area contributed by atoms with Crippen LogP contribution in [0.4, 0.5) is 15.8 Å². The molecule has 0 radical (unpaired) electrons. The summed E-state index contributed by atoms with van der Waals surface area (Å²) in [6.07, 6.45) is 5.18. The van der Waals surface area contributed by atoms with Gasteiger partial charge < -0.3 is 34.2 Å². The van der Waals surface area contributed by atoms with E-state index >= 15 is 4.39 Å². The third kappa shape index (κ3) is 5.37. The molecule has 9 nitrogen and oxygen atoms in total. The molecule has 4 saturated heterocycles. The monoisotopic (exact) mass is 694 g/mol. The first-order chi connectivity index (χ1) is 23.2. The lowest BCUT2D eigenvalue weighted by Gasteiger charge is -2.50. The van der Waals surface area contributed by atoms with Gasteiger partial charge in [0.25, 0.3) is 5.91 Å². The van der Waals surface area contributed by atoms with E-state index in [9.17, 15) is 14.7 Å². The fourth-order valence-electron chi connectivity index (χ4n) is 8.60. The van der Waals surface area contributed by atoms with Crippen LogP contribution in [0.1, 0.15) is 58.4 Å². The van der Waals surface area contributed by atoms with Gasteiger partial charge in [0.15, 0.2) is 6.73 Å². The van der Waals surface area contributed by atoms with Crippen LogP contribution in [0.15, 0.2) is 42.5 Å². The Morgan fingerprint density at radius 1 is 0.896 bits per heavy atom. The van der Waals surface area contributed by atoms with Gasteiger partial charge >= 0.3 is 5.97 Å². The van der Waals surface area contributed by atoms with Crippen molar-refractivity contribution in [3.8, 4) is 16.9 Å². The predicted octanol–water partition coefficient (Wildman–Crippen LogP) is 6.53. The number of morpholine rings is 1. The van der Waals surface area contributed by atoms with E-state index in [1.807, 2.05) is 18.2 Å². The summed E-state index contributed by atoms with van der Waals surface area (Å²) in [6, 6.07) is 12.7. The van der Waals surface area contributed by atoms with Gasteiger partial charge in [-0.1, -0.05) is 41.4 Å². The number of likely N-dealkylation sites (tertiary alicyclic amines) is 1. The number of likely N-dealkylation sites (N-methyl/N-ethyl adjacent to an activating group) is 1. The van der Waals surface area contributed by atoms with Crippen molar-refractivity contribution in [2.24, 2.45) is 0 Å². The molecule has 5 aliphatic rings. The lowest BCUT2D eigenvalue weighted by Crippen LogP contribution is -2.60. The number of fused-ring (bicyclic) bond motifs is 5. The van der Waals surface area contributed by atoms with Crippen LogP contribution >= 0.6 is 23.2 Å². The summed E-state index contributed by atoms with van der Waals surface area (Å²) in [6.45, 7) is 3.07. The number of rotatable bonds is 5. The van der Waals surface area contributed by atoms with Gasteiger partial charge in [-0.15, -0.1) is 0 Å². The lowest BCUT2D eigenvalue weighted by atomic mass is 9.90. The fraction of sp³-hybridized carbons (Fsp3) is 0.444. The molecule has 0 spiro atoms. The molecule has 5 heterocycles. The van der Waals surface area contributed by atoms with Crippen LogP contribution < -0.4 is 14.5 Å². The Morgan fingerprint density at radius 3 is 2.25 bits per heavy atom. The largest absolute Gasteiger partial charge is 0.478 e. The molecule has 1 N–H and O–H groups in total. The Balaban J connectivity index is 1.08. The third-order valence-electron chi connectivity index (χ3n) is 10.7. The van der Waals surface area contributed by atoms with Crippen LogP contribution in [0.2, 0.25) is 10.0 Å². The number of hydrogen-bond donors (Lipinski definition) is 1. The summed E-state index contributed by atoms with van der Waals surface area (Å²) < 4.78 is 27.6. The maximum Gasteiger partial charge on any atom is 0.337 e. The average molecular weight is 696 g/mol. The number of amides is 1. The van der Waals surface area contributed by atoms with Crippen LogP contribution in [-0.4, -0.2) is 91.0 Å². The minimum atomic E-state index is -1.18. The molecular weight excluding hydrogens is 658 g/mol. The van der Waals surface area contributed by atoms with Gasteiger partial charge in [-0.05, 0) is 63.4 Å². The smallest absolute Gasteiger partial charge is 0.337 e. The van der Waals surface area contributed by atoms with E-state index in [2.05, 4.69) is 21.7 Å². The summed E-state index contributed by atoms with van der Waals surface area (Å²) in [7, 11) is 2.16. The van der Waals surface area contributed by atoms with Gasteiger partial charge in [0.1, 0.15) is 11.6 Å². The minimum absolute atomic E-state index is 0.0366. The molecule has 4 fully saturated rings. The van der Waals surface area contributed by atoms with E-state index in [1.54, 1.807) is 18.2 Å². The number of piperazine rings is 1. The molecule has 0 aromatic heterocycles. The molecular formula is C36H37Cl2FN4O5. The van der Waals surface area contributed by atoms with Gasteiger partial charge in [0.05, 0.1) is 58.7 Å². The second-order valence-electron chi connectivity index (χ2n) is 13.7. The highest BCUT2D eigenvalue weighted by molar-refractivity contribution is 6.40. The van der Waals surface area contributed by atoms with E-state index < -0.39 is 11.8 Å². The Labute approximate surface area is 288 Å². The Hall–Kier alpha value is -3.57. The molecule has 4 unspecified atom stereocenters. The number of carbonyl (C=O) groups excluding carboxylic acids is 1. The van der Waals surface area contributed by atoms with Crippen LogP contribution in [0.25, 0.3) is 11.1 Å². The second-order valence-corrected chi connectivity index (χ2v) is 14.5. The number of aromatic carboxylic acids is 1. The second kappa shape index (κ2) is 12.4. The number of carbonyl (C=O) groups is 2. The number of anilines is 2. The number of carboxylic acid groups (broad SMARTS) is 1. The summed E-state index contributed by atoms with van der Waals surface area (Å²) in [5.41, 5.74) is 3.00. The first kappa shape index (κ1) is 31.7. The Kier molecular flexibility index (Phi) is 8.18. The normalized spacial score (nSPS) is 25.1. The van der Waals surface area contributed by atoms with Crippen molar-refractivity contribution < 1.29 is 28.6 Å². The number of carboxylic acids is 1. The van der Waals surface area contributed by atoms with Gasteiger partial charge in [-0.25, -0.2) is 9.18 Å². The summed E-state index contributed by atoms with van der Waals surface area (Å²) in [4.78, 5) is 34.6. The zero-order chi connectivity index (χ0) is 33.3. The molecule has 12 heteroatoms. The average Bonchev–Trinajstić information content (AvgIpc) is 3.30. The molecule has 48 heavy (non-hydrogen) atoms. The van der Waals surface area contributed by atoms with Crippen molar-refractivity contribution in [2.45, 2.75) is 62.8 Å². The Morgan fingerprint density at radius 2 is 1.58 bits per heavy atom. The molecule has 5 aliphatic heterocycles. The number of hydrogen-bond acceptors (Lipinski definition) is 7. The molecule has 3 aromatic carbocycles. The Bertz CT molecular complexity index is 1760. The van der Waals surface area contributed by atoms with Crippen LogP contribution in [0.5, 0.6) is 5.75 Å². The van der Waals surface area contributed by atoms with Crippen molar-refractivity contribution in [3.63, 3.8) is 0 Å². The van der Waals surface area contributed by atoms with Crippen molar-refractivity contribution >= 4 is 46.5 Å². The molecule has 252 valence electrons. The first-order valence-corrected chi connectivity index (χ1v) is 17.4. The standard InChI is InChI=1S/C36H37Cl2FN4O5/c1-40-15-21-5-3-6-22(16-40)42(21)25-10-29(37)33(30(38)11-25)35(44)41-14-20-4-2-7-26(34(20)48-19-41)27-13-32(28(36(45)46)12-31(27)39)43-23-8-9-24(43)18-47-17-23/h2,4,7,10-13,21-24H,3,5-6,8-9,14-19H2,1H3,(H,45,46). The zero-order valence-electron chi connectivity index (χ0n) is 26.6. The van der Waals surface area contributed by atoms with E-state index in [0.29, 0.717) is 57.9 Å². The van der Waals surface area contributed by atoms with Gasteiger partial charge in [-0.3, -0.25) is 4.79 Å². The molecule has 1 amide bonds. The summed E-state index contributed by atoms with van der Waals surface area (Å²) in [5.74, 6) is -1.74. The highest BCUT2D eigenvalue weighted by Crippen LogP contribution is 2.44. The van der Waals surface area contributed by atoms with Crippen molar-refractivity contribution in [3.05, 3.63) is 75.0 Å². The van der Waals surface area contributed by atoms with Gasteiger partial charge in [0.2, 0.25) is 0 Å². The molecule has 4 atom stereocenters. The van der Waals surface area contributed by atoms with E-state index in [4.69, 9.17) is 32.7 Å². The molecule has 4 bridgehead atoms. The maximum absolute atomic E-state index is 15.7. The number of ether oxygens (including phenoxy) is 2.